The van der Waals surface area contributed by atoms with Gasteiger partial charge in [0.2, 0.25) is 0 Å². The van der Waals surface area contributed by atoms with E-state index < -0.39 is 13.4 Å². The van der Waals surface area contributed by atoms with Crippen molar-refractivity contribution < 1.29 is 12.9 Å². The van der Waals surface area contributed by atoms with Crippen molar-refractivity contribution in [3.8, 4) is 0 Å². The first-order chi connectivity index (χ1) is 7.42. The van der Waals surface area contributed by atoms with E-state index in [-0.39, 0.29) is 0 Å². The molecule has 0 saturated carbocycles. The summed E-state index contributed by atoms with van der Waals surface area (Å²) in [4.78, 5) is 3.70. The van der Waals surface area contributed by atoms with Crippen LogP contribution in [0.25, 0.3) is 0 Å². The normalized spacial score (nSPS) is 12.8. The predicted molar refractivity (Wildman–Crippen MR) is 63.6 cm³/mol. The van der Waals surface area contributed by atoms with Gasteiger partial charge in [0.1, 0.15) is 0 Å². The van der Waals surface area contributed by atoms with Crippen LogP contribution in [0.15, 0.2) is 0 Å². The highest BCUT2D eigenvalue weighted by atomic mass is 19.4. The van der Waals surface area contributed by atoms with Gasteiger partial charge >= 0.3 is 6.98 Å². The van der Waals surface area contributed by atoms with Crippen molar-refractivity contribution in [1.29, 1.82) is 0 Å². The molecule has 16 heavy (non-hydrogen) atoms. The molecule has 0 aliphatic carbocycles. The molecule has 0 unspecified atom stereocenters. The zero-order chi connectivity index (χ0) is 12.6. The van der Waals surface area contributed by atoms with Gasteiger partial charge in [0.25, 0.3) is 0 Å². The summed E-state index contributed by atoms with van der Waals surface area (Å²) >= 11 is 0. The molecule has 0 atom stereocenters. The van der Waals surface area contributed by atoms with Gasteiger partial charge in [-0.15, -0.1) is 0 Å². The quantitative estimate of drug-likeness (QED) is 0.570. The van der Waals surface area contributed by atoms with E-state index in [0.29, 0.717) is 13.1 Å². The molecule has 0 fully saturated rings. The van der Waals surface area contributed by atoms with Gasteiger partial charge in [0.05, 0.1) is 0 Å². The largest absolute Gasteiger partial charge is 0.492 e. The molecule has 0 saturated heterocycles. The number of halogens is 3. The van der Waals surface area contributed by atoms with Gasteiger partial charge in [-0.25, -0.2) is 0 Å². The van der Waals surface area contributed by atoms with E-state index in [0.717, 1.165) is 26.1 Å². The van der Waals surface area contributed by atoms with Crippen molar-refractivity contribution in [1.82, 2.24) is 9.80 Å². The standard InChI is InChI=1S/C10H23BF3N2/c1-4-15(5-2)8-7-9-16(6-3)10-11(12,13)14/h4-10H2,1-3H3/q-1. The van der Waals surface area contributed by atoms with Crippen molar-refractivity contribution in [3.63, 3.8) is 0 Å². The van der Waals surface area contributed by atoms with Crippen LogP contribution < -0.4 is 0 Å². The average molecular weight is 239 g/mol. The second-order valence-corrected chi connectivity index (χ2v) is 3.98. The zero-order valence-corrected chi connectivity index (χ0v) is 10.6. The van der Waals surface area contributed by atoms with E-state index in [9.17, 15) is 12.9 Å². The summed E-state index contributed by atoms with van der Waals surface area (Å²) in [6.45, 7) is 5.05. The second-order valence-electron chi connectivity index (χ2n) is 3.98. The summed E-state index contributed by atoms with van der Waals surface area (Å²) in [5, 5.41) is 0. The molecule has 0 aliphatic heterocycles. The third kappa shape index (κ3) is 7.99. The average Bonchev–Trinajstić information content (AvgIpc) is 2.21. The fourth-order valence-corrected chi connectivity index (χ4v) is 1.73. The molecule has 0 bridgehead atoms. The SMILES string of the molecule is CCN(CC)CCCN(CC)C[B-](F)(F)F. The molecule has 0 heterocycles. The first-order valence-electron chi connectivity index (χ1n) is 6.08. The van der Waals surface area contributed by atoms with Gasteiger partial charge in [-0.05, 0) is 45.6 Å². The Morgan fingerprint density at radius 1 is 0.812 bits per heavy atom. The predicted octanol–water partition coefficient (Wildman–Crippen LogP) is 2.43. The van der Waals surface area contributed by atoms with Crippen LogP contribution in [0.4, 0.5) is 12.9 Å². The van der Waals surface area contributed by atoms with Crippen molar-refractivity contribution in [2.24, 2.45) is 0 Å². The van der Waals surface area contributed by atoms with E-state index in [1.165, 1.54) is 4.90 Å². The maximum absolute atomic E-state index is 12.2. The maximum atomic E-state index is 12.2. The Hall–Kier alpha value is -0.225. The molecule has 98 valence electrons. The third-order valence-electron chi connectivity index (χ3n) is 2.76. The lowest BCUT2D eigenvalue weighted by atomic mass is 9.91. The molecule has 2 nitrogen and oxygen atoms in total. The lowest BCUT2D eigenvalue weighted by molar-refractivity contribution is 0.247. The summed E-state index contributed by atoms with van der Waals surface area (Å²) in [6, 6.07) is 0. The van der Waals surface area contributed by atoms with Crippen LogP contribution in [-0.2, 0) is 0 Å². The van der Waals surface area contributed by atoms with Crippen molar-refractivity contribution in [3.05, 3.63) is 0 Å². The minimum absolute atomic E-state index is 0.472. The van der Waals surface area contributed by atoms with Crippen LogP contribution >= 0.6 is 0 Å². The fourth-order valence-electron chi connectivity index (χ4n) is 1.73. The molecule has 6 heteroatoms. The van der Waals surface area contributed by atoms with Crippen molar-refractivity contribution in [2.75, 3.05) is 39.2 Å². The molecule has 0 amide bonds. The minimum atomic E-state index is -4.68. The summed E-state index contributed by atoms with van der Waals surface area (Å²) in [5.41, 5.74) is 0. The first-order valence-corrected chi connectivity index (χ1v) is 6.08. The van der Waals surface area contributed by atoms with Gasteiger partial charge in [-0.2, -0.15) is 0 Å². The molecule has 0 aromatic heterocycles. The molecule has 0 aromatic carbocycles. The Bertz CT molecular complexity index is 172. The summed E-state index contributed by atoms with van der Waals surface area (Å²) in [5.74, 6) is 0. The zero-order valence-electron chi connectivity index (χ0n) is 10.6. The lowest BCUT2D eigenvalue weighted by Crippen LogP contribution is -2.39. The molecule has 0 aromatic rings. The van der Waals surface area contributed by atoms with Crippen LogP contribution in [0.3, 0.4) is 0 Å². The number of nitrogens with zero attached hydrogens (tertiary/aromatic N) is 2. The number of hydrogen-bond donors (Lipinski definition) is 0. The highest BCUT2D eigenvalue weighted by molar-refractivity contribution is 6.58. The lowest BCUT2D eigenvalue weighted by Gasteiger charge is -2.27. The molecule has 0 aliphatic rings. The molecule has 0 N–H and O–H groups in total. The number of hydrogen-bond acceptors (Lipinski definition) is 2. The Morgan fingerprint density at radius 3 is 1.62 bits per heavy atom. The highest BCUT2D eigenvalue weighted by Gasteiger charge is 2.25. The molecular weight excluding hydrogens is 216 g/mol. The Morgan fingerprint density at radius 2 is 1.25 bits per heavy atom. The fraction of sp³-hybridized carbons (Fsp3) is 1.00. The summed E-state index contributed by atoms with van der Waals surface area (Å²) < 4.78 is 36.7. The highest BCUT2D eigenvalue weighted by Crippen LogP contribution is 2.10. The molecule has 0 radical (unpaired) electrons. The van der Waals surface area contributed by atoms with E-state index >= 15 is 0 Å². The summed E-state index contributed by atoms with van der Waals surface area (Å²) in [6.07, 6.45) is 0.0798. The molecule has 0 rings (SSSR count). The van der Waals surface area contributed by atoms with Crippen LogP contribution in [0, 0.1) is 0 Å². The third-order valence-corrected chi connectivity index (χ3v) is 2.76. The van der Waals surface area contributed by atoms with Gasteiger partial charge in [-0.1, -0.05) is 20.8 Å². The van der Waals surface area contributed by atoms with Crippen LogP contribution in [0.1, 0.15) is 27.2 Å². The Balaban J connectivity index is 3.79. The summed E-state index contributed by atoms with van der Waals surface area (Å²) in [7, 11) is 0. The molecule has 0 spiro atoms. The van der Waals surface area contributed by atoms with E-state index in [2.05, 4.69) is 18.7 Å². The smallest absolute Gasteiger partial charge is 0.448 e. The van der Waals surface area contributed by atoms with Crippen LogP contribution in [0.2, 0.25) is 0 Å². The van der Waals surface area contributed by atoms with Gasteiger partial charge in [0.15, 0.2) is 0 Å². The van der Waals surface area contributed by atoms with E-state index in [1.807, 2.05) is 0 Å². The van der Waals surface area contributed by atoms with E-state index in [1.54, 1.807) is 6.92 Å². The minimum Gasteiger partial charge on any atom is -0.448 e. The van der Waals surface area contributed by atoms with Gasteiger partial charge in [-0.3, -0.25) is 0 Å². The Kier molecular flexibility index (Phi) is 7.84. The van der Waals surface area contributed by atoms with E-state index in [4.69, 9.17) is 0 Å². The molecular formula is C10H23BF3N2-. The van der Waals surface area contributed by atoms with Crippen molar-refractivity contribution in [2.45, 2.75) is 27.2 Å². The van der Waals surface area contributed by atoms with Gasteiger partial charge < -0.3 is 22.7 Å². The first kappa shape index (κ1) is 15.8. The van der Waals surface area contributed by atoms with Crippen LogP contribution in [-0.4, -0.2) is 55.9 Å². The maximum Gasteiger partial charge on any atom is 0.492 e. The van der Waals surface area contributed by atoms with Gasteiger partial charge in [0, 0.05) is 0 Å². The van der Waals surface area contributed by atoms with Crippen molar-refractivity contribution >= 4 is 6.98 Å². The number of rotatable bonds is 9. The monoisotopic (exact) mass is 239 g/mol. The Labute approximate surface area is 96.8 Å². The topological polar surface area (TPSA) is 6.48 Å². The second kappa shape index (κ2) is 7.95. The van der Waals surface area contributed by atoms with Crippen LogP contribution in [0.5, 0.6) is 0 Å².